The molecule has 6 nitrogen and oxygen atoms in total. The lowest BCUT2D eigenvalue weighted by Crippen LogP contribution is -2.41. The van der Waals surface area contributed by atoms with Crippen molar-refractivity contribution in [3.63, 3.8) is 0 Å². The quantitative estimate of drug-likeness (QED) is 0.120. The van der Waals surface area contributed by atoms with E-state index in [1.807, 2.05) is 0 Å². The van der Waals surface area contributed by atoms with Crippen LogP contribution in [0, 0.1) is 0 Å². The second kappa shape index (κ2) is 24.5. The molecule has 0 radical (unpaired) electrons. The van der Waals surface area contributed by atoms with Gasteiger partial charge in [0.1, 0.15) is 6.04 Å². The zero-order chi connectivity index (χ0) is 25.3. The molecule has 0 bridgehead atoms. The van der Waals surface area contributed by atoms with Crippen LogP contribution in [0.1, 0.15) is 143 Å². The Morgan fingerprint density at radius 3 is 1.65 bits per heavy atom. The van der Waals surface area contributed by atoms with E-state index in [2.05, 4.69) is 24.5 Å². The minimum atomic E-state index is -0.597. The second-order valence-corrected chi connectivity index (χ2v) is 9.46. The summed E-state index contributed by atoms with van der Waals surface area (Å²) in [6.07, 6.45) is 19.6. The maximum absolute atomic E-state index is 12.3. The Labute approximate surface area is 209 Å². The predicted octanol–water partition coefficient (Wildman–Crippen LogP) is 6.60. The number of amides is 2. The fraction of sp³-hybridized carbons (Fsp3) is 0.893. The first-order chi connectivity index (χ1) is 16.5. The van der Waals surface area contributed by atoms with Gasteiger partial charge in [0.05, 0.1) is 6.61 Å². The highest BCUT2D eigenvalue weighted by Crippen LogP contribution is 2.10. The SMILES string of the molecule is CCCCCCCCCC(=O)NCCCC[C@H](NC(=O)CCCCCCCCC)C(=O)OCC. The molecule has 0 aromatic rings. The van der Waals surface area contributed by atoms with Gasteiger partial charge in [-0.2, -0.15) is 0 Å². The van der Waals surface area contributed by atoms with Crippen LogP contribution in [-0.2, 0) is 19.1 Å². The van der Waals surface area contributed by atoms with E-state index in [9.17, 15) is 14.4 Å². The zero-order valence-electron chi connectivity index (χ0n) is 22.6. The van der Waals surface area contributed by atoms with Gasteiger partial charge in [-0.3, -0.25) is 9.59 Å². The number of hydrogen-bond acceptors (Lipinski definition) is 4. The molecular weight excluding hydrogens is 428 g/mol. The van der Waals surface area contributed by atoms with Crippen LogP contribution in [0.3, 0.4) is 0 Å². The van der Waals surface area contributed by atoms with Crippen molar-refractivity contribution in [1.29, 1.82) is 0 Å². The average Bonchev–Trinajstić information content (AvgIpc) is 2.82. The highest BCUT2D eigenvalue weighted by Gasteiger charge is 2.21. The fourth-order valence-corrected chi connectivity index (χ4v) is 4.03. The third-order valence-corrected chi connectivity index (χ3v) is 6.16. The molecule has 0 heterocycles. The maximum atomic E-state index is 12.3. The molecule has 1 atom stereocenters. The van der Waals surface area contributed by atoms with E-state index >= 15 is 0 Å². The summed E-state index contributed by atoms with van der Waals surface area (Å²) in [6.45, 7) is 7.11. The van der Waals surface area contributed by atoms with E-state index in [0.717, 1.165) is 38.5 Å². The molecular formula is C28H54N2O4. The molecule has 0 aliphatic heterocycles. The van der Waals surface area contributed by atoms with Gasteiger partial charge in [-0.1, -0.05) is 90.9 Å². The predicted molar refractivity (Wildman–Crippen MR) is 141 cm³/mol. The summed E-state index contributed by atoms with van der Waals surface area (Å²) in [5.74, 6) is -0.327. The fourth-order valence-electron chi connectivity index (χ4n) is 4.03. The minimum absolute atomic E-state index is 0.0744. The van der Waals surface area contributed by atoms with Gasteiger partial charge < -0.3 is 15.4 Å². The Kier molecular flexibility index (Phi) is 23.4. The first-order valence-electron chi connectivity index (χ1n) is 14.3. The lowest BCUT2D eigenvalue weighted by Gasteiger charge is -2.17. The van der Waals surface area contributed by atoms with Crippen molar-refractivity contribution in [3.05, 3.63) is 0 Å². The van der Waals surface area contributed by atoms with Crippen molar-refractivity contribution >= 4 is 17.8 Å². The van der Waals surface area contributed by atoms with E-state index in [-0.39, 0.29) is 17.8 Å². The molecule has 0 fully saturated rings. The molecule has 0 aromatic carbocycles. The zero-order valence-corrected chi connectivity index (χ0v) is 22.6. The van der Waals surface area contributed by atoms with Gasteiger partial charge in [0.25, 0.3) is 0 Å². The van der Waals surface area contributed by atoms with Crippen LogP contribution in [0.2, 0.25) is 0 Å². The maximum Gasteiger partial charge on any atom is 0.328 e. The van der Waals surface area contributed by atoms with E-state index < -0.39 is 6.04 Å². The molecule has 200 valence electrons. The number of carbonyl (C=O) groups is 3. The minimum Gasteiger partial charge on any atom is -0.464 e. The summed E-state index contributed by atoms with van der Waals surface area (Å²) in [7, 11) is 0. The van der Waals surface area contributed by atoms with Gasteiger partial charge in [0.15, 0.2) is 0 Å². The lowest BCUT2D eigenvalue weighted by molar-refractivity contribution is -0.147. The number of carbonyl (C=O) groups excluding carboxylic acids is 3. The molecule has 0 unspecified atom stereocenters. The largest absolute Gasteiger partial charge is 0.464 e. The number of rotatable bonds is 24. The summed E-state index contributed by atoms with van der Waals surface area (Å²) < 4.78 is 5.14. The van der Waals surface area contributed by atoms with Crippen LogP contribution < -0.4 is 10.6 Å². The number of unbranched alkanes of at least 4 members (excludes halogenated alkanes) is 13. The first kappa shape index (κ1) is 32.4. The Morgan fingerprint density at radius 1 is 0.618 bits per heavy atom. The van der Waals surface area contributed by atoms with Crippen molar-refractivity contribution in [2.75, 3.05) is 13.2 Å². The smallest absolute Gasteiger partial charge is 0.328 e. The Hall–Kier alpha value is -1.59. The number of nitrogens with one attached hydrogen (secondary N) is 2. The van der Waals surface area contributed by atoms with Gasteiger partial charge in [-0.25, -0.2) is 4.79 Å². The third kappa shape index (κ3) is 21.0. The van der Waals surface area contributed by atoms with Crippen molar-refractivity contribution in [3.8, 4) is 0 Å². The summed E-state index contributed by atoms with van der Waals surface area (Å²) >= 11 is 0. The van der Waals surface area contributed by atoms with Crippen LogP contribution in [-0.4, -0.2) is 37.0 Å². The third-order valence-electron chi connectivity index (χ3n) is 6.16. The molecule has 2 amide bonds. The summed E-state index contributed by atoms with van der Waals surface area (Å²) in [4.78, 5) is 36.5. The Morgan fingerprint density at radius 2 is 1.12 bits per heavy atom. The van der Waals surface area contributed by atoms with E-state index in [1.54, 1.807) is 6.92 Å². The first-order valence-corrected chi connectivity index (χ1v) is 14.3. The Bertz CT molecular complexity index is 511. The standard InChI is InChI=1S/C28H54N2O4/c1-4-7-9-11-13-15-17-22-26(31)29-24-20-19-21-25(28(33)34-6-3)30-27(32)23-18-16-14-12-10-8-5-2/h25H,4-24H2,1-3H3,(H,29,31)(H,30,32)/t25-/m0/s1. The van der Waals surface area contributed by atoms with E-state index in [4.69, 9.17) is 4.74 Å². The van der Waals surface area contributed by atoms with Crippen molar-refractivity contribution in [2.24, 2.45) is 0 Å². The average molecular weight is 483 g/mol. The molecule has 0 aliphatic carbocycles. The van der Waals surface area contributed by atoms with Crippen LogP contribution in [0.4, 0.5) is 0 Å². The number of hydrogen-bond donors (Lipinski definition) is 2. The molecule has 0 aromatic heterocycles. The van der Waals surface area contributed by atoms with Crippen LogP contribution >= 0.6 is 0 Å². The number of esters is 1. The summed E-state index contributed by atoms with van der Waals surface area (Å²) in [6, 6.07) is -0.597. The molecule has 2 N–H and O–H groups in total. The van der Waals surface area contributed by atoms with Gasteiger partial charge in [0.2, 0.25) is 11.8 Å². The van der Waals surface area contributed by atoms with Crippen LogP contribution in [0.25, 0.3) is 0 Å². The molecule has 0 aliphatic rings. The molecule has 6 heteroatoms. The summed E-state index contributed by atoms with van der Waals surface area (Å²) in [5.41, 5.74) is 0. The van der Waals surface area contributed by atoms with Crippen molar-refractivity contribution in [1.82, 2.24) is 10.6 Å². The molecule has 0 saturated heterocycles. The monoisotopic (exact) mass is 482 g/mol. The van der Waals surface area contributed by atoms with Gasteiger partial charge in [-0.05, 0) is 39.0 Å². The lowest BCUT2D eigenvalue weighted by atomic mass is 10.1. The number of ether oxygens (including phenoxy) is 1. The van der Waals surface area contributed by atoms with Crippen LogP contribution in [0.5, 0.6) is 0 Å². The van der Waals surface area contributed by atoms with E-state index in [1.165, 1.54) is 64.2 Å². The Balaban J connectivity index is 3.97. The van der Waals surface area contributed by atoms with Crippen molar-refractivity contribution < 1.29 is 19.1 Å². The highest BCUT2D eigenvalue weighted by molar-refractivity contribution is 5.84. The van der Waals surface area contributed by atoms with Gasteiger partial charge >= 0.3 is 5.97 Å². The topological polar surface area (TPSA) is 84.5 Å². The second-order valence-electron chi connectivity index (χ2n) is 9.46. The highest BCUT2D eigenvalue weighted by atomic mass is 16.5. The molecule has 34 heavy (non-hydrogen) atoms. The van der Waals surface area contributed by atoms with E-state index in [0.29, 0.717) is 32.4 Å². The summed E-state index contributed by atoms with van der Waals surface area (Å²) in [5, 5.41) is 5.84. The molecule has 0 rings (SSSR count). The molecule has 0 saturated carbocycles. The van der Waals surface area contributed by atoms with Gasteiger partial charge in [-0.15, -0.1) is 0 Å². The van der Waals surface area contributed by atoms with Crippen LogP contribution in [0.15, 0.2) is 0 Å². The van der Waals surface area contributed by atoms with Gasteiger partial charge in [0, 0.05) is 19.4 Å². The molecule has 0 spiro atoms. The van der Waals surface area contributed by atoms with Crippen molar-refractivity contribution in [2.45, 2.75) is 149 Å². The normalized spacial score (nSPS) is 11.7.